The Morgan fingerprint density at radius 2 is 1.81 bits per heavy atom. The highest BCUT2D eigenvalue weighted by molar-refractivity contribution is 7.99. The van der Waals surface area contributed by atoms with Gasteiger partial charge in [-0.1, -0.05) is 37.5 Å². The number of benzene rings is 2. The number of rotatable bonds is 5. The molecule has 3 aromatic rings. The number of hydrogen-bond acceptors (Lipinski definition) is 5. The number of carbonyl (C=O) groups is 2. The van der Waals surface area contributed by atoms with E-state index in [4.69, 9.17) is 4.74 Å². The summed E-state index contributed by atoms with van der Waals surface area (Å²) in [5, 5.41) is 1.26. The summed E-state index contributed by atoms with van der Waals surface area (Å²) in [5.74, 6) is 3.35. The number of nitrogens with zero attached hydrogens (tertiary/aromatic N) is 3. The Kier molecular flexibility index (Phi) is 6.65. The number of para-hydroxylation sites is 1. The van der Waals surface area contributed by atoms with Crippen molar-refractivity contribution in [2.75, 3.05) is 42.6 Å². The maximum atomic E-state index is 13.3. The van der Waals surface area contributed by atoms with E-state index in [-0.39, 0.29) is 5.91 Å². The number of carbonyl (C=O) groups excluding carboxylic acids is 2. The maximum absolute atomic E-state index is 13.3. The second-order valence-electron chi connectivity index (χ2n) is 10.1. The zero-order chi connectivity index (χ0) is 24.5. The number of hydrogen-bond donors (Lipinski definition) is 0. The summed E-state index contributed by atoms with van der Waals surface area (Å²) in [6.45, 7) is 4.12. The van der Waals surface area contributed by atoms with E-state index in [1.54, 1.807) is 0 Å². The van der Waals surface area contributed by atoms with E-state index in [0.29, 0.717) is 24.7 Å². The van der Waals surface area contributed by atoms with Gasteiger partial charge < -0.3 is 19.1 Å². The molecule has 2 aliphatic heterocycles. The molecular formula is C29H33N3O3S. The summed E-state index contributed by atoms with van der Waals surface area (Å²) in [6, 6.07) is 14.6. The Labute approximate surface area is 216 Å². The third-order valence-corrected chi connectivity index (χ3v) is 9.00. The molecule has 1 aromatic heterocycles. The van der Waals surface area contributed by atoms with Crippen LogP contribution in [0.25, 0.3) is 22.2 Å². The van der Waals surface area contributed by atoms with E-state index >= 15 is 0 Å². The molecule has 1 saturated heterocycles. The van der Waals surface area contributed by atoms with Crippen LogP contribution in [0.1, 0.15) is 43.6 Å². The van der Waals surface area contributed by atoms with E-state index in [0.717, 1.165) is 48.9 Å². The lowest BCUT2D eigenvalue weighted by Crippen LogP contribution is -2.44. The van der Waals surface area contributed by atoms with E-state index in [1.807, 2.05) is 28.8 Å². The first-order valence-electron chi connectivity index (χ1n) is 13.2. The normalized spacial score (nSPS) is 18.4. The molecule has 0 N–H and O–H groups in total. The molecule has 1 saturated carbocycles. The minimum absolute atomic E-state index is 0.218. The smallest absolute Gasteiger partial charge is 0.298 e. The Morgan fingerprint density at radius 1 is 1.00 bits per heavy atom. The highest BCUT2D eigenvalue weighted by atomic mass is 32.2. The number of amides is 1. The van der Waals surface area contributed by atoms with Crippen LogP contribution < -0.4 is 9.64 Å². The van der Waals surface area contributed by atoms with Crippen molar-refractivity contribution in [2.24, 2.45) is 0 Å². The minimum Gasteiger partial charge on any atom is -0.429 e. The first-order valence-corrected chi connectivity index (χ1v) is 14.4. The molecule has 3 heterocycles. The molecule has 188 valence electrons. The topological polar surface area (TPSA) is 54.8 Å². The van der Waals surface area contributed by atoms with Crippen molar-refractivity contribution >= 4 is 40.7 Å². The molecular weight excluding hydrogens is 470 g/mol. The Balaban J connectivity index is 1.46. The molecule has 0 bridgehead atoms. The SMILES string of the molecule is O=COc1ccc2c(C3CCCCC3)c3n(c2c1)CCN(CC(=O)N1CCSCC1)c1ccccc1-3. The predicted molar refractivity (Wildman–Crippen MR) is 146 cm³/mol. The molecule has 0 atom stereocenters. The second kappa shape index (κ2) is 10.2. The molecule has 36 heavy (non-hydrogen) atoms. The number of thioether (sulfide) groups is 1. The molecule has 1 aliphatic carbocycles. The monoisotopic (exact) mass is 503 g/mol. The average Bonchev–Trinajstić information content (AvgIpc) is 3.16. The van der Waals surface area contributed by atoms with Crippen LogP contribution in [0.4, 0.5) is 5.69 Å². The van der Waals surface area contributed by atoms with Gasteiger partial charge in [0.05, 0.1) is 17.8 Å². The van der Waals surface area contributed by atoms with Crippen LogP contribution >= 0.6 is 11.8 Å². The van der Waals surface area contributed by atoms with Crippen LogP contribution in [0, 0.1) is 0 Å². The average molecular weight is 504 g/mol. The standard InChI is InChI=1S/C29H33N3O3S/c33-20-35-22-10-11-23-26(18-22)32-13-12-31(19-27(34)30-14-16-36-17-15-30)25-9-5-4-8-24(25)29(32)28(23)21-6-2-1-3-7-21/h4-5,8-11,18,20-21H,1-3,6-7,12-17,19H2. The summed E-state index contributed by atoms with van der Waals surface area (Å²) in [5.41, 5.74) is 6.16. The van der Waals surface area contributed by atoms with Crippen molar-refractivity contribution < 1.29 is 14.3 Å². The van der Waals surface area contributed by atoms with Crippen LogP contribution in [0.15, 0.2) is 42.5 Å². The molecule has 2 fully saturated rings. The largest absolute Gasteiger partial charge is 0.429 e. The first kappa shape index (κ1) is 23.5. The highest BCUT2D eigenvalue weighted by Gasteiger charge is 2.31. The van der Waals surface area contributed by atoms with Gasteiger partial charge in [-0.25, -0.2) is 0 Å². The third kappa shape index (κ3) is 4.27. The molecule has 6 nitrogen and oxygen atoms in total. The van der Waals surface area contributed by atoms with Crippen molar-refractivity contribution in [3.63, 3.8) is 0 Å². The van der Waals surface area contributed by atoms with Gasteiger partial charge in [-0.3, -0.25) is 9.59 Å². The number of fused-ring (bicyclic) bond motifs is 5. The summed E-state index contributed by atoms with van der Waals surface area (Å²) >= 11 is 1.92. The molecule has 3 aliphatic rings. The van der Waals surface area contributed by atoms with Crippen molar-refractivity contribution in [1.29, 1.82) is 0 Å². The fourth-order valence-electron chi connectivity index (χ4n) is 6.34. The highest BCUT2D eigenvalue weighted by Crippen LogP contribution is 2.47. The fraction of sp³-hybridized carbons (Fsp3) is 0.448. The fourth-order valence-corrected chi connectivity index (χ4v) is 7.25. The summed E-state index contributed by atoms with van der Waals surface area (Å²) in [4.78, 5) is 28.6. The number of ether oxygens (including phenoxy) is 1. The van der Waals surface area contributed by atoms with Crippen LogP contribution in [-0.4, -0.2) is 59.5 Å². The van der Waals surface area contributed by atoms with Crippen LogP contribution in [0.2, 0.25) is 0 Å². The van der Waals surface area contributed by atoms with Gasteiger partial charge >= 0.3 is 0 Å². The molecule has 2 aromatic carbocycles. The quantitative estimate of drug-likeness (QED) is 0.443. The Bertz CT molecular complexity index is 1270. The van der Waals surface area contributed by atoms with Gasteiger partial charge in [0.25, 0.3) is 6.47 Å². The van der Waals surface area contributed by atoms with Crippen molar-refractivity contribution in [3.05, 3.63) is 48.0 Å². The molecule has 1 amide bonds. The summed E-state index contributed by atoms with van der Waals surface area (Å²) < 4.78 is 7.66. The lowest BCUT2D eigenvalue weighted by atomic mass is 9.81. The molecule has 0 radical (unpaired) electrons. The van der Waals surface area contributed by atoms with Crippen LogP contribution in [-0.2, 0) is 16.1 Å². The van der Waals surface area contributed by atoms with Crippen molar-refractivity contribution in [2.45, 2.75) is 44.6 Å². The van der Waals surface area contributed by atoms with Gasteiger partial charge in [0.15, 0.2) is 0 Å². The molecule has 0 unspecified atom stereocenters. The molecule has 7 heteroatoms. The van der Waals surface area contributed by atoms with E-state index in [9.17, 15) is 9.59 Å². The van der Waals surface area contributed by atoms with E-state index < -0.39 is 0 Å². The van der Waals surface area contributed by atoms with Gasteiger partial charge in [-0.15, -0.1) is 0 Å². The van der Waals surface area contributed by atoms with Gasteiger partial charge in [-0.05, 0) is 42.5 Å². The number of anilines is 1. The molecule has 0 spiro atoms. The van der Waals surface area contributed by atoms with E-state index in [2.05, 4.69) is 39.8 Å². The van der Waals surface area contributed by atoms with Crippen LogP contribution in [0.5, 0.6) is 5.75 Å². The van der Waals surface area contributed by atoms with E-state index in [1.165, 1.54) is 54.3 Å². The van der Waals surface area contributed by atoms with Gasteiger partial charge in [0.1, 0.15) is 5.75 Å². The Morgan fingerprint density at radius 3 is 2.61 bits per heavy atom. The first-order chi connectivity index (χ1) is 17.7. The maximum Gasteiger partial charge on any atom is 0.298 e. The third-order valence-electron chi connectivity index (χ3n) is 8.06. The lowest BCUT2D eigenvalue weighted by molar-refractivity contribution is -0.129. The summed E-state index contributed by atoms with van der Waals surface area (Å²) in [7, 11) is 0. The predicted octanol–water partition coefficient (Wildman–Crippen LogP) is 5.29. The lowest BCUT2D eigenvalue weighted by Gasteiger charge is -2.31. The van der Waals surface area contributed by atoms with Gasteiger partial charge in [0.2, 0.25) is 5.91 Å². The zero-order valence-corrected chi connectivity index (χ0v) is 21.5. The zero-order valence-electron chi connectivity index (χ0n) is 20.7. The van der Waals surface area contributed by atoms with Crippen molar-refractivity contribution in [1.82, 2.24) is 9.47 Å². The number of aromatic nitrogens is 1. The van der Waals surface area contributed by atoms with Crippen molar-refractivity contribution in [3.8, 4) is 17.0 Å². The summed E-state index contributed by atoms with van der Waals surface area (Å²) in [6.07, 6.45) is 6.24. The Hall–Kier alpha value is -2.93. The second-order valence-corrected chi connectivity index (χ2v) is 11.3. The van der Waals surface area contributed by atoms with Gasteiger partial charge in [0, 0.05) is 60.4 Å². The minimum atomic E-state index is 0.218. The van der Waals surface area contributed by atoms with Gasteiger partial charge in [-0.2, -0.15) is 11.8 Å². The molecule has 6 rings (SSSR count). The van der Waals surface area contributed by atoms with Crippen LogP contribution in [0.3, 0.4) is 0 Å².